The van der Waals surface area contributed by atoms with Crippen LogP contribution in [-0.2, 0) is 16.1 Å². The molecule has 1 saturated heterocycles. The summed E-state index contributed by atoms with van der Waals surface area (Å²) < 4.78 is 10.8. The van der Waals surface area contributed by atoms with Crippen molar-refractivity contribution < 1.29 is 29.0 Å². The van der Waals surface area contributed by atoms with Crippen molar-refractivity contribution in [1.29, 1.82) is 0 Å². The number of nitrogens with zero attached hydrogens (tertiary/aromatic N) is 1. The molecule has 2 aromatic rings. The highest BCUT2D eigenvalue weighted by atomic mass is 16.6. The first-order valence-electron chi connectivity index (χ1n) is 10.7. The Morgan fingerprint density at radius 3 is 2.50 bits per heavy atom. The van der Waals surface area contributed by atoms with E-state index in [-0.39, 0.29) is 31.9 Å². The first-order chi connectivity index (χ1) is 15.5. The second-order valence-corrected chi connectivity index (χ2v) is 7.61. The zero-order chi connectivity index (χ0) is 22.9. The lowest BCUT2D eigenvalue weighted by atomic mass is 10.1. The molecular formula is C24H28N2O6. The van der Waals surface area contributed by atoms with E-state index in [1.54, 1.807) is 24.3 Å². The van der Waals surface area contributed by atoms with Crippen LogP contribution in [0, 0.1) is 0 Å². The highest BCUT2D eigenvalue weighted by molar-refractivity contribution is 6.00. The maximum Gasteiger partial charge on any atom is 0.410 e. The van der Waals surface area contributed by atoms with Crippen LogP contribution in [0.4, 0.5) is 4.79 Å². The zero-order valence-corrected chi connectivity index (χ0v) is 18.0. The Morgan fingerprint density at radius 2 is 1.81 bits per heavy atom. The van der Waals surface area contributed by atoms with Crippen LogP contribution in [0.1, 0.15) is 35.7 Å². The summed E-state index contributed by atoms with van der Waals surface area (Å²) in [6.45, 7) is 2.46. The van der Waals surface area contributed by atoms with Crippen LogP contribution in [0.2, 0.25) is 0 Å². The minimum Gasteiger partial charge on any atom is -0.494 e. The van der Waals surface area contributed by atoms with E-state index in [1.807, 2.05) is 37.3 Å². The van der Waals surface area contributed by atoms with Crippen molar-refractivity contribution in [3.8, 4) is 5.75 Å². The Hall–Kier alpha value is -3.39. The Bertz CT molecular complexity index is 916. The van der Waals surface area contributed by atoms with Gasteiger partial charge in [0.1, 0.15) is 18.4 Å². The summed E-state index contributed by atoms with van der Waals surface area (Å²) in [5.41, 5.74) is 1.26. The third kappa shape index (κ3) is 6.31. The van der Waals surface area contributed by atoms with Crippen LogP contribution < -0.4 is 10.1 Å². The maximum atomic E-state index is 12.6. The Kier molecular flexibility index (Phi) is 8.21. The molecule has 0 aromatic heterocycles. The number of hydrogen-bond donors (Lipinski definition) is 2. The molecule has 2 amide bonds. The number of rotatable bonds is 9. The number of ketones is 1. The lowest BCUT2D eigenvalue weighted by molar-refractivity contribution is -0.125. The first-order valence-corrected chi connectivity index (χ1v) is 10.7. The van der Waals surface area contributed by atoms with Crippen molar-refractivity contribution in [1.82, 2.24) is 10.2 Å². The molecular weight excluding hydrogens is 412 g/mol. The van der Waals surface area contributed by atoms with Crippen LogP contribution in [0.15, 0.2) is 54.6 Å². The minimum absolute atomic E-state index is 0.00111. The summed E-state index contributed by atoms with van der Waals surface area (Å²) in [5, 5.41) is 12.6. The molecule has 0 saturated carbocycles. The van der Waals surface area contributed by atoms with E-state index < -0.39 is 24.1 Å². The number of Topliss-reactive ketones (excluding diaryl/α,β-unsaturated/α-hetero) is 1. The third-order valence-electron chi connectivity index (χ3n) is 5.09. The molecule has 170 valence electrons. The van der Waals surface area contributed by atoms with Crippen molar-refractivity contribution in [3.05, 3.63) is 65.7 Å². The number of ether oxygens (including phenoxy) is 2. The summed E-state index contributed by atoms with van der Waals surface area (Å²) in [6.07, 6.45) is -0.538. The number of benzene rings is 2. The third-order valence-corrected chi connectivity index (χ3v) is 5.09. The van der Waals surface area contributed by atoms with Gasteiger partial charge in [-0.3, -0.25) is 14.5 Å². The van der Waals surface area contributed by atoms with Crippen molar-refractivity contribution in [2.24, 2.45) is 0 Å². The molecule has 0 bridgehead atoms. The minimum atomic E-state index is -0.897. The summed E-state index contributed by atoms with van der Waals surface area (Å²) in [4.78, 5) is 38.7. The predicted molar refractivity (Wildman–Crippen MR) is 117 cm³/mol. The number of amides is 2. The van der Waals surface area contributed by atoms with Crippen LogP contribution in [0.5, 0.6) is 5.75 Å². The van der Waals surface area contributed by atoms with Gasteiger partial charge in [-0.25, -0.2) is 4.79 Å². The fourth-order valence-electron chi connectivity index (χ4n) is 3.41. The van der Waals surface area contributed by atoms with Gasteiger partial charge in [-0.2, -0.15) is 0 Å². The molecule has 0 aliphatic carbocycles. The van der Waals surface area contributed by atoms with Gasteiger partial charge in [-0.05, 0) is 36.2 Å². The van der Waals surface area contributed by atoms with Crippen LogP contribution >= 0.6 is 0 Å². The number of carbonyl (C=O) groups is 3. The van der Waals surface area contributed by atoms with Gasteiger partial charge in [0.2, 0.25) is 5.91 Å². The van der Waals surface area contributed by atoms with E-state index in [1.165, 1.54) is 4.90 Å². The van der Waals surface area contributed by atoms with Crippen molar-refractivity contribution in [2.75, 3.05) is 19.7 Å². The maximum absolute atomic E-state index is 12.6. The van der Waals surface area contributed by atoms with Gasteiger partial charge in [-0.1, -0.05) is 37.3 Å². The van der Waals surface area contributed by atoms with Gasteiger partial charge >= 0.3 is 6.09 Å². The average molecular weight is 440 g/mol. The standard InChI is InChI=1S/C24H28N2O6/c1-2-12-31-20-10-8-18(9-11-20)22(28)14-25-23(29)21-13-19(27)15-26(21)24(30)32-16-17-6-4-3-5-7-17/h3-11,19,21,27H,2,12-16H2,1H3,(H,25,29)/t19-,21+/m1/s1. The molecule has 8 nitrogen and oxygen atoms in total. The average Bonchev–Trinajstić information content (AvgIpc) is 3.22. The van der Waals surface area contributed by atoms with Gasteiger partial charge < -0.3 is 19.9 Å². The molecule has 0 radical (unpaired) electrons. The summed E-state index contributed by atoms with van der Waals surface area (Å²) in [7, 11) is 0. The number of aliphatic hydroxyl groups excluding tert-OH is 1. The molecule has 2 N–H and O–H groups in total. The van der Waals surface area contributed by atoms with E-state index in [0.29, 0.717) is 17.9 Å². The second kappa shape index (κ2) is 11.3. The molecule has 1 aliphatic rings. The number of β-amino-alcohol motifs (C(OH)–C–C–N with tert-alkyl or cyclic N) is 1. The lowest BCUT2D eigenvalue weighted by Gasteiger charge is -2.23. The number of likely N-dealkylation sites (tertiary alicyclic amines) is 1. The number of aliphatic hydroxyl groups is 1. The number of nitrogens with one attached hydrogen (secondary N) is 1. The van der Waals surface area contributed by atoms with Crippen molar-refractivity contribution >= 4 is 17.8 Å². The summed E-state index contributed by atoms with van der Waals surface area (Å²) in [5.74, 6) is -0.0939. The van der Waals surface area contributed by atoms with Gasteiger partial charge in [0.25, 0.3) is 0 Å². The molecule has 8 heteroatoms. The largest absolute Gasteiger partial charge is 0.494 e. The molecule has 1 aliphatic heterocycles. The Balaban J connectivity index is 1.52. The molecule has 1 fully saturated rings. The summed E-state index contributed by atoms with van der Waals surface area (Å²) >= 11 is 0. The SMILES string of the molecule is CCCOc1ccc(C(=O)CNC(=O)[C@@H]2C[C@@H](O)CN2C(=O)OCc2ccccc2)cc1. The molecule has 0 unspecified atom stereocenters. The lowest BCUT2D eigenvalue weighted by Crippen LogP contribution is -2.47. The molecule has 2 aromatic carbocycles. The van der Waals surface area contributed by atoms with E-state index in [0.717, 1.165) is 12.0 Å². The quantitative estimate of drug-likeness (QED) is 0.581. The van der Waals surface area contributed by atoms with E-state index in [9.17, 15) is 19.5 Å². The fraction of sp³-hybridized carbons (Fsp3) is 0.375. The van der Waals surface area contributed by atoms with Gasteiger partial charge in [0, 0.05) is 12.0 Å². The Labute approximate surface area is 187 Å². The predicted octanol–water partition coefficient (Wildman–Crippen LogP) is 2.55. The monoisotopic (exact) mass is 440 g/mol. The zero-order valence-electron chi connectivity index (χ0n) is 18.0. The number of hydrogen-bond acceptors (Lipinski definition) is 6. The van der Waals surface area contributed by atoms with E-state index in [2.05, 4.69) is 5.32 Å². The van der Waals surface area contributed by atoms with E-state index in [4.69, 9.17) is 9.47 Å². The van der Waals surface area contributed by atoms with Crippen molar-refractivity contribution in [2.45, 2.75) is 38.5 Å². The summed E-state index contributed by atoms with van der Waals surface area (Å²) in [6, 6.07) is 15.0. The molecule has 0 spiro atoms. The molecule has 32 heavy (non-hydrogen) atoms. The second-order valence-electron chi connectivity index (χ2n) is 7.61. The van der Waals surface area contributed by atoms with Crippen LogP contribution in [-0.4, -0.2) is 59.6 Å². The van der Waals surface area contributed by atoms with Gasteiger partial charge in [-0.15, -0.1) is 0 Å². The highest BCUT2D eigenvalue weighted by Gasteiger charge is 2.39. The Morgan fingerprint density at radius 1 is 1.09 bits per heavy atom. The highest BCUT2D eigenvalue weighted by Crippen LogP contribution is 2.20. The van der Waals surface area contributed by atoms with Crippen LogP contribution in [0.3, 0.4) is 0 Å². The van der Waals surface area contributed by atoms with Gasteiger partial charge in [0.05, 0.1) is 25.8 Å². The molecule has 1 heterocycles. The van der Waals surface area contributed by atoms with Crippen molar-refractivity contribution in [3.63, 3.8) is 0 Å². The topological polar surface area (TPSA) is 105 Å². The first kappa shape index (κ1) is 23.3. The molecule has 3 rings (SSSR count). The van der Waals surface area contributed by atoms with Crippen LogP contribution in [0.25, 0.3) is 0 Å². The van der Waals surface area contributed by atoms with E-state index >= 15 is 0 Å². The fourth-order valence-corrected chi connectivity index (χ4v) is 3.41. The normalized spacial score (nSPS) is 17.6. The molecule has 2 atom stereocenters. The smallest absolute Gasteiger partial charge is 0.410 e. The van der Waals surface area contributed by atoms with Gasteiger partial charge in [0.15, 0.2) is 5.78 Å². The number of carbonyl (C=O) groups excluding carboxylic acids is 3.